The molecule has 3 heterocycles. The first-order valence-electron chi connectivity index (χ1n) is 9.95. The molecule has 12 heteroatoms. The van der Waals surface area contributed by atoms with E-state index in [1.54, 1.807) is 18.3 Å². The number of amides is 1. The fourth-order valence-electron chi connectivity index (χ4n) is 2.85. The van der Waals surface area contributed by atoms with E-state index in [1.807, 2.05) is 38.1 Å². The minimum atomic E-state index is -0.436. The molecule has 3 aromatic heterocycles. The minimum Gasteiger partial charge on any atom is -0.462 e. The molecule has 0 saturated carbocycles. The molecule has 8 nitrogen and oxygen atoms in total. The van der Waals surface area contributed by atoms with Crippen molar-refractivity contribution >= 4 is 73.3 Å². The van der Waals surface area contributed by atoms with Crippen molar-refractivity contribution in [2.45, 2.75) is 36.1 Å². The van der Waals surface area contributed by atoms with Crippen molar-refractivity contribution in [2.75, 3.05) is 17.7 Å². The summed E-state index contributed by atoms with van der Waals surface area (Å²) >= 11 is 5.65. The highest BCUT2D eigenvalue weighted by Crippen LogP contribution is 2.34. The van der Waals surface area contributed by atoms with Gasteiger partial charge in [0.2, 0.25) is 11.8 Å². The predicted molar refractivity (Wildman–Crippen MR) is 133 cm³/mol. The van der Waals surface area contributed by atoms with Gasteiger partial charge >= 0.3 is 5.97 Å². The Labute approximate surface area is 206 Å². The van der Waals surface area contributed by atoms with E-state index in [1.165, 1.54) is 23.1 Å². The molecule has 0 saturated heterocycles. The Morgan fingerprint density at radius 1 is 1.15 bits per heavy atom. The Morgan fingerprint density at radius 2 is 1.97 bits per heavy atom. The van der Waals surface area contributed by atoms with Gasteiger partial charge in [-0.15, -0.1) is 32.9 Å². The van der Waals surface area contributed by atoms with E-state index in [4.69, 9.17) is 9.15 Å². The second kappa shape index (κ2) is 10.7. The van der Waals surface area contributed by atoms with Gasteiger partial charge in [-0.1, -0.05) is 35.7 Å². The van der Waals surface area contributed by atoms with E-state index in [0.717, 1.165) is 36.8 Å². The number of ether oxygens (including phenoxy) is 1. The number of nitrogens with one attached hydrogen (secondary N) is 1. The number of fused-ring (bicyclic) bond motifs is 1. The topological polar surface area (TPSA) is 107 Å². The Balaban J connectivity index is 1.31. The van der Waals surface area contributed by atoms with Crippen molar-refractivity contribution < 1.29 is 18.7 Å². The highest BCUT2D eigenvalue weighted by Gasteiger charge is 2.22. The summed E-state index contributed by atoms with van der Waals surface area (Å²) in [5, 5.41) is 11.7. The van der Waals surface area contributed by atoms with Crippen LogP contribution in [0.2, 0.25) is 0 Å². The third-order valence-corrected chi connectivity index (χ3v) is 8.59. The van der Waals surface area contributed by atoms with Crippen LogP contribution in [0.3, 0.4) is 0 Å². The van der Waals surface area contributed by atoms with Crippen molar-refractivity contribution in [1.82, 2.24) is 15.2 Å². The molecule has 0 radical (unpaired) electrons. The van der Waals surface area contributed by atoms with Gasteiger partial charge in [0.25, 0.3) is 5.22 Å². The molecule has 4 rings (SSSR count). The number of thiazole rings is 1. The summed E-state index contributed by atoms with van der Waals surface area (Å²) in [5.74, 6) is 0.336. The molecule has 0 aliphatic carbocycles. The zero-order valence-corrected chi connectivity index (χ0v) is 21.3. The van der Waals surface area contributed by atoms with Crippen LogP contribution in [0.15, 0.2) is 38.2 Å². The number of anilines is 1. The highest BCUT2D eigenvalue weighted by atomic mass is 32.2. The Morgan fingerprint density at radius 3 is 2.76 bits per heavy atom. The normalized spacial score (nSPS) is 11.1. The van der Waals surface area contributed by atoms with Crippen molar-refractivity contribution in [3.63, 3.8) is 0 Å². The molecule has 0 bridgehead atoms. The highest BCUT2D eigenvalue weighted by molar-refractivity contribution is 8.00. The standard InChI is InChI=1S/C21H20N4O4S4/c1-4-28-19(27)17-11(2)12(3)32-18(17)23-15(26)9-30-20-25-24-16(29-20)10-31-21-22-13-7-5-6-8-14(13)33-21/h5-8H,4,9-10H2,1-3H3,(H,23,26). The molecule has 0 aliphatic heterocycles. The number of nitrogens with zero attached hydrogens (tertiary/aromatic N) is 3. The zero-order valence-electron chi connectivity index (χ0n) is 18.0. The lowest BCUT2D eigenvalue weighted by Gasteiger charge is -2.06. The zero-order chi connectivity index (χ0) is 23.4. The molecule has 0 fully saturated rings. The van der Waals surface area contributed by atoms with Crippen LogP contribution in [0, 0.1) is 13.8 Å². The average Bonchev–Trinajstić information content (AvgIpc) is 3.48. The summed E-state index contributed by atoms with van der Waals surface area (Å²) in [6.07, 6.45) is 0. The number of aromatic nitrogens is 3. The number of hydrogen-bond acceptors (Lipinski definition) is 11. The molecule has 4 aromatic rings. The Hall–Kier alpha value is -2.41. The van der Waals surface area contributed by atoms with Crippen LogP contribution < -0.4 is 5.32 Å². The first-order valence-corrected chi connectivity index (χ1v) is 13.6. The monoisotopic (exact) mass is 520 g/mol. The van der Waals surface area contributed by atoms with Gasteiger partial charge < -0.3 is 14.5 Å². The van der Waals surface area contributed by atoms with Gasteiger partial charge in [-0.05, 0) is 38.5 Å². The molecule has 1 N–H and O–H groups in total. The number of rotatable bonds is 9. The molecule has 0 aliphatic rings. The predicted octanol–water partition coefficient (Wildman–Crippen LogP) is 5.56. The van der Waals surface area contributed by atoms with Crippen molar-refractivity contribution in [3.05, 3.63) is 46.2 Å². The average molecular weight is 521 g/mol. The van der Waals surface area contributed by atoms with Gasteiger partial charge in [0.15, 0.2) is 4.34 Å². The number of para-hydroxylation sites is 1. The fraction of sp³-hybridized carbons (Fsp3) is 0.286. The molecular formula is C21H20N4O4S4. The van der Waals surface area contributed by atoms with E-state index in [0.29, 0.717) is 27.4 Å². The van der Waals surface area contributed by atoms with Gasteiger partial charge in [0.1, 0.15) is 5.00 Å². The lowest BCUT2D eigenvalue weighted by molar-refractivity contribution is -0.113. The van der Waals surface area contributed by atoms with Crippen molar-refractivity contribution in [3.8, 4) is 0 Å². The largest absolute Gasteiger partial charge is 0.462 e. The second-order valence-electron chi connectivity index (χ2n) is 6.74. The lowest BCUT2D eigenvalue weighted by atomic mass is 10.1. The van der Waals surface area contributed by atoms with Crippen LogP contribution >= 0.6 is 46.2 Å². The summed E-state index contributed by atoms with van der Waals surface area (Å²) in [7, 11) is 0. The molecule has 0 unspecified atom stereocenters. The summed E-state index contributed by atoms with van der Waals surface area (Å²) in [6, 6.07) is 7.98. The van der Waals surface area contributed by atoms with Gasteiger partial charge in [-0.25, -0.2) is 9.78 Å². The second-order valence-corrected chi connectivity index (χ2v) is 11.1. The quantitative estimate of drug-likeness (QED) is 0.224. The number of thioether (sulfide) groups is 2. The minimum absolute atomic E-state index is 0.0743. The third kappa shape index (κ3) is 5.75. The van der Waals surface area contributed by atoms with Gasteiger partial charge in [0, 0.05) is 4.88 Å². The van der Waals surface area contributed by atoms with Gasteiger partial charge in [0.05, 0.1) is 33.9 Å². The van der Waals surface area contributed by atoms with Crippen LogP contribution in [0.1, 0.15) is 33.6 Å². The fourth-order valence-corrected chi connectivity index (χ4v) is 6.40. The van der Waals surface area contributed by atoms with Gasteiger partial charge in [-0.2, -0.15) is 0 Å². The number of carbonyl (C=O) groups excluding carboxylic acids is 2. The maximum atomic E-state index is 12.5. The first kappa shape index (κ1) is 23.7. The number of esters is 1. The van der Waals surface area contributed by atoms with Crippen LogP contribution in [-0.4, -0.2) is 39.4 Å². The van der Waals surface area contributed by atoms with Crippen LogP contribution in [0.25, 0.3) is 10.2 Å². The first-order chi connectivity index (χ1) is 15.9. The van der Waals surface area contributed by atoms with Gasteiger partial charge in [-0.3, -0.25) is 4.79 Å². The number of benzene rings is 1. The van der Waals surface area contributed by atoms with Crippen molar-refractivity contribution in [2.24, 2.45) is 0 Å². The van der Waals surface area contributed by atoms with E-state index in [-0.39, 0.29) is 18.3 Å². The summed E-state index contributed by atoms with van der Waals surface area (Å²) in [5.41, 5.74) is 2.19. The lowest BCUT2D eigenvalue weighted by Crippen LogP contribution is -2.16. The number of hydrogen-bond donors (Lipinski definition) is 1. The smallest absolute Gasteiger partial charge is 0.341 e. The summed E-state index contributed by atoms with van der Waals surface area (Å²) in [4.78, 5) is 30.3. The summed E-state index contributed by atoms with van der Waals surface area (Å²) < 4.78 is 12.8. The summed E-state index contributed by atoms with van der Waals surface area (Å²) in [6.45, 7) is 5.76. The maximum absolute atomic E-state index is 12.5. The van der Waals surface area contributed by atoms with Crippen LogP contribution in [0.4, 0.5) is 5.00 Å². The number of carbonyl (C=O) groups is 2. The maximum Gasteiger partial charge on any atom is 0.341 e. The van der Waals surface area contributed by atoms with E-state index >= 15 is 0 Å². The van der Waals surface area contributed by atoms with E-state index < -0.39 is 5.97 Å². The Bertz CT molecular complexity index is 1260. The Kier molecular flexibility index (Phi) is 7.68. The van der Waals surface area contributed by atoms with Crippen LogP contribution in [-0.2, 0) is 15.3 Å². The molecule has 33 heavy (non-hydrogen) atoms. The third-order valence-electron chi connectivity index (χ3n) is 4.49. The number of aryl methyl sites for hydroxylation is 1. The van der Waals surface area contributed by atoms with E-state index in [2.05, 4.69) is 20.5 Å². The SMILES string of the molecule is CCOC(=O)c1c(NC(=O)CSc2nnc(CSc3nc4ccccc4s3)o2)sc(C)c1C. The van der Waals surface area contributed by atoms with Crippen LogP contribution in [0.5, 0.6) is 0 Å². The molecule has 1 aromatic carbocycles. The molecule has 1 amide bonds. The van der Waals surface area contributed by atoms with E-state index in [9.17, 15) is 9.59 Å². The molecule has 172 valence electrons. The molecule has 0 spiro atoms. The van der Waals surface area contributed by atoms with Crippen molar-refractivity contribution in [1.29, 1.82) is 0 Å². The molecule has 0 atom stereocenters. The molecular weight excluding hydrogens is 501 g/mol. The number of thiophene rings is 1.